The summed E-state index contributed by atoms with van der Waals surface area (Å²) in [5.74, 6) is -0.621. The summed E-state index contributed by atoms with van der Waals surface area (Å²) >= 11 is 0. The Hall–Kier alpha value is -1.37. The fraction of sp³-hybridized carbons (Fsp3) is 0.921. The fourth-order valence-corrected chi connectivity index (χ4v) is 10.3. The zero-order valence-electron chi connectivity index (χ0n) is 47.8. The molecule has 0 aliphatic carbocycles. The summed E-state index contributed by atoms with van der Waals surface area (Å²) in [5, 5.41) is 65.0. The van der Waals surface area contributed by atoms with Crippen LogP contribution in [-0.2, 0) is 14.3 Å². The molecule has 1 fully saturated rings. The number of hydrogen-bond donors (Lipinski definition) is 7. The monoisotopic (exact) mass is 1040 g/mol. The van der Waals surface area contributed by atoms with Crippen LogP contribution in [0.25, 0.3) is 0 Å². The molecular formula is C63H121NO9. The highest BCUT2D eigenvalue weighted by Crippen LogP contribution is 2.23. The second-order valence-electron chi connectivity index (χ2n) is 22.3. The molecule has 0 aromatic heterocycles. The second kappa shape index (κ2) is 52.7. The van der Waals surface area contributed by atoms with Crippen LogP contribution < -0.4 is 5.32 Å². The Bertz CT molecular complexity index is 1220. The van der Waals surface area contributed by atoms with E-state index in [0.717, 1.165) is 38.5 Å². The number of hydrogen-bond acceptors (Lipinski definition) is 9. The van der Waals surface area contributed by atoms with Crippen molar-refractivity contribution in [2.75, 3.05) is 13.2 Å². The number of aliphatic hydroxyl groups excluding tert-OH is 6. The molecule has 8 unspecified atom stereocenters. The molecule has 73 heavy (non-hydrogen) atoms. The van der Waals surface area contributed by atoms with Gasteiger partial charge in [0.25, 0.3) is 0 Å². The predicted octanol–water partition coefficient (Wildman–Crippen LogP) is 15.1. The third-order valence-electron chi connectivity index (χ3n) is 15.4. The van der Waals surface area contributed by atoms with Gasteiger partial charge in [0.05, 0.1) is 25.4 Å². The normalized spacial score (nSPS) is 19.6. The van der Waals surface area contributed by atoms with Crippen LogP contribution in [0.2, 0.25) is 0 Å². The van der Waals surface area contributed by atoms with Crippen LogP contribution in [0.1, 0.15) is 309 Å². The van der Waals surface area contributed by atoms with Gasteiger partial charge in [0.15, 0.2) is 6.29 Å². The molecule has 0 aromatic carbocycles. The highest BCUT2D eigenvalue weighted by Gasteiger charge is 2.44. The minimum atomic E-state index is -1.61. The number of aliphatic hydroxyl groups is 6. The molecule has 1 saturated heterocycles. The standard InChI is InChI=1S/C63H121NO9/c1-3-5-7-9-11-13-15-17-19-20-21-22-23-24-25-26-27-28-29-30-31-32-33-34-35-36-37-38-40-42-44-46-48-50-52-57(67)62(71)64-55(54-72-63-61(70)60(69)59(68)58(53-65)73-63)56(66)51-49-47-45-43-41-39-18-16-14-12-10-8-6-4-2/h41,43,49,51,55-61,63,65-70H,3-40,42,44-48,50,52-54H2,1-2H3,(H,64,71)/b43-41+,51-49+. The summed E-state index contributed by atoms with van der Waals surface area (Å²) in [6, 6.07) is -0.994. The zero-order chi connectivity index (χ0) is 53.1. The van der Waals surface area contributed by atoms with E-state index in [1.54, 1.807) is 6.08 Å². The van der Waals surface area contributed by atoms with Gasteiger partial charge in [-0.15, -0.1) is 0 Å². The third kappa shape index (κ3) is 41.4. The number of carbonyl (C=O) groups excluding carboxylic acids is 1. The van der Waals surface area contributed by atoms with Gasteiger partial charge in [0, 0.05) is 0 Å². The molecular weight excluding hydrogens is 915 g/mol. The predicted molar refractivity (Wildman–Crippen MR) is 306 cm³/mol. The number of amides is 1. The van der Waals surface area contributed by atoms with Crippen LogP contribution in [0.4, 0.5) is 0 Å². The smallest absolute Gasteiger partial charge is 0.249 e. The number of nitrogens with one attached hydrogen (secondary N) is 1. The molecule has 0 bridgehead atoms. The first-order valence-electron chi connectivity index (χ1n) is 31.7. The minimum Gasteiger partial charge on any atom is -0.394 e. The summed E-state index contributed by atoms with van der Waals surface area (Å²) in [5.41, 5.74) is 0. The largest absolute Gasteiger partial charge is 0.394 e. The first kappa shape index (κ1) is 69.6. The molecule has 7 N–H and O–H groups in total. The van der Waals surface area contributed by atoms with Gasteiger partial charge >= 0.3 is 0 Å². The van der Waals surface area contributed by atoms with Gasteiger partial charge in [0.2, 0.25) is 5.91 Å². The van der Waals surface area contributed by atoms with Crippen molar-refractivity contribution in [1.82, 2.24) is 5.32 Å². The third-order valence-corrected chi connectivity index (χ3v) is 15.4. The van der Waals surface area contributed by atoms with E-state index in [4.69, 9.17) is 9.47 Å². The van der Waals surface area contributed by atoms with Gasteiger partial charge in [-0.2, -0.15) is 0 Å². The van der Waals surface area contributed by atoms with E-state index in [1.165, 1.54) is 244 Å². The number of carbonyl (C=O) groups is 1. The van der Waals surface area contributed by atoms with Crippen LogP contribution in [0.15, 0.2) is 24.3 Å². The first-order valence-corrected chi connectivity index (χ1v) is 31.7. The molecule has 10 nitrogen and oxygen atoms in total. The number of rotatable bonds is 55. The van der Waals surface area contributed by atoms with Crippen molar-refractivity contribution in [3.05, 3.63) is 24.3 Å². The lowest BCUT2D eigenvalue weighted by atomic mass is 9.99. The summed E-state index contributed by atoms with van der Waals surface area (Å²) < 4.78 is 11.2. The van der Waals surface area contributed by atoms with E-state index in [2.05, 4.69) is 31.3 Å². The first-order chi connectivity index (χ1) is 35.8. The van der Waals surface area contributed by atoms with Crippen molar-refractivity contribution in [1.29, 1.82) is 0 Å². The summed E-state index contributed by atoms with van der Waals surface area (Å²) in [4.78, 5) is 13.1. The molecule has 1 amide bonds. The Morgan fingerprint density at radius 3 is 1.19 bits per heavy atom. The Balaban J connectivity index is 2.11. The molecule has 1 aliphatic rings. The SMILES string of the molecule is CCCCCCCCCC/C=C/CC/C=C/C(O)C(COC1OC(CO)C(O)C(O)C1O)NC(=O)C(O)CCCCCCCCCCCCCCCCCCCCCCCCCCCCCCCCCCCC. The number of ether oxygens (including phenoxy) is 2. The van der Waals surface area contributed by atoms with Crippen LogP contribution >= 0.6 is 0 Å². The van der Waals surface area contributed by atoms with Gasteiger partial charge < -0.3 is 45.4 Å². The maximum absolute atomic E-state index is 13.1. The number of unbranched alkanes of at least 4 members (excludes halogenated alkanes) is 42. The van der Waals surface area contributed by atoms with Crippen LogP contribution in [0.3, 0.4) is 0 Å². The van der Waals surface area contributed by atoms with Gasteiger partial charge in [-0.3, -0.25) is 4.79 Å². The van der Waals surface area contributed by atoms with Crippen molar-refractivity contribution < 1.29 is 44.9 Å². The molecule has 432 valence electrons. The summed E-state index contributed by atoms with van der Waals surface area (Å²) in [6.07, 6.45) is 57.5. The molecule has 1 aliphatic heterocycles. The lowest BCUT2D eigenvalue weighted by Crippen LogP contribution is -2.60. The van der Waals surface area contributed by atoms with Crippen molar-refractivity contribution >= 4 is 5.91 Å². The van der Waals surface area contributed by atoms with E-state index < -0.39 is 61.5 Å². The van der Waals surface area contributed by atoms with Gasteiger partial charge in [-0.1, -0.05) is 301 Å². The van der Waals surface area contributed by atoms with Crippen molar-refractivity contribution in [3.63, 3.8) is 0 Å². The van der Waals surface area contributed by atoms with Gasteiger partial charge in [0.1, 0.15) is 30.5 Å². The van der Waals surface area contributed by atoms with Crippen LogP contribution in [0.5, 0.6) is 0 Å². The summed E-state index contributed by atoms with van der Waals surface area (Å²) in [7, 11) is 0. The molecule has 8 atom stereocenters. The molecule has 0 spiro atoms. The average molecular weight is 1040 g/mol. The highest BCUT2D eigenvalue weighted by atomic mass is 16.7. The number of allylic oxidation sites excluding steroid dienone is 3. The van der Waals surface area contributed by atoms with Crippen LogP contribution in [-0.4, -0.2) is 98.7 Å². The van der Waals surface area contributed by atoms with Gasteiger partial charge in [-0.05, 0) is 32.1 Å². The topological polar surface area (TPSA) is 169 Å². The van der Waals surface area contributed by atoms with E-state index >= 15 is 0 Å². The van der Waals surface area contributed by atoms with Crippen molar-refractivity contribution in [3.8, 4) is 0 Å². The maximum Gasteiger partial charge on any atom is 0.249 e. The fourth-order valence-electron chi connectivity index (χ4n) is 10.3. The molecule has 0 aromatic rings. The Morgan fingerprint density at radius 1 is 0.466 bits per heavy atom. The molecule has 0 saturated carbocycles. The van der Waals surface area contributed by atoms with Crippen molar-refractivity contribution in [2.45, 2.75) is 358 Å². The quantitative estimate of drug-likeness (QED) is 0.0232. The van der Waals surface area contributed by atoms with E-state index in [1.807, 2.05) is 6.08 Å². The van der Waals surface area contributed by atoms with E-state index in [-0.39, 0.29) is 6.61 Å². The van der Waals surface area contributed by atoms with Gasteiger partial charge in [-0.25, -0.2) is 0 Å². The second-order valence-corrected chi connectivity index (χ2v) is 22.3. The molecule has 1 heterocycles. The van der Waals surface area contributed by atoms with Crippen LogP contribution in [0, 0.1) is 0 Å². The molecule has 0 radical (unpaired) electrons. The molecule has 10 heteroatoms. The van der Waals surface area contributed by atoms with E-state index in [9.17, 15) is 35.4 Å². The zero-order valence-corrected chi connectivity index (χ0v) is 47.8. The summed E-state index contributed by atoms with van der Waals surface area (Å²) in [6.45, 7) is 3.62. The minimum absolute atomic E-state index is 0.308. The molecule has 1 rings (SSSR count). The lowest BCUT2D eigenvalue weighted by molar-refractivity contribution is -0.302. The Morgan fingerprint density at radius 2 is 0.808 bits per heavy atom. The Kier molecular flexibility index (Phi) is 50.3. The Labute approximate surface area is 450 Å². The van der Waals surface area contributed by atoms with Crippen molar-refractivity contribution in [2.24, 2.45) is 0 Å². The van der Waals surface area contributed by atoms with E-state index in [0.29, 0.717) is 12.8 Å². The highest BCUT2D eigenvalue weighted by molar-refractivity contribution is 5.80. The average Bonchev–Trinajstić information content (AvgIpc) is 3.39. The maximum atomic E-state index is 13.1. The lowest BCUT2D eigenvalue weighted by Gasteiger charge is -2.40.